The summed E-state index contributed by atoms with van der Waals surface area (Å²) in [5.41, 5.74) is 15.8. The van der Waals surface area contributed by atoms with Crippen molar-refractivity contribution >= 4 is 44.6 Å². The van der Waals surface area contributed by atoms with Crippen LogP contribution in [0.1, 0.15) is 103 Å². The van der Waals surface area contributed by atoms with Gasteiger partial charge in [0.25, 0.3) is 0 Å². The number of hydrogen-bond donors (Lipinski definition) is 0. The SMILES string of the molecule is CC(C)c1cccc(C(C)C)c1-c1cc(Oc2ccc3c4ccccc4n(-c4cc(C(C)(C)C)ccn4)c3c2)cc(N2CN(c3ccc(C(C)(C)C)cc3-c3ccc(F)cc3)c3ccccc32)c1. The lowest BCUT2D eigenvalue weighted by molar-refractivity contribution is 0.483. The number of fused-ring (bicyclic) bond motifs is 4. The molecule has 0 amide bonds. The molecule has 9 aromatic rings. The van der Waals surface area contributed by atoms with Gasteiger partial charge in [-0.05, 0) is 140 Å². The van der Waals surface area contributed by atoms with E-state index < -0.39 is 0 Å². The molecule has 7 aromatic carbocycles. The highest BCUT2D eigenvalue weighted by molar-refractivity contribution is 6.09. The number of pyridine rings is 1. The maximum absolute atomic E-state index is 14.4. The average molecular weight is 897 g/mol. The maximum atomic E-state index is 14.4. The Balaban J connectivity index is 1.14. The van der Waals surface area contributed by atoms with E-state index in [1.807, 2.05) is 18.3 Å². The summed E-state index contributed by atoms with van der Waals surface area (Å²) in [5.74, 6) is 2.72. The number of rotatable bonds is 9. The quantitative estimate of drug-likeness (QED) is 0.145. The topological polar surface area (TPSA) is 33.5 Å². The van der Waals surface area contributed by atoms with Crippen molar-refractivity contribution in [3.8, 4) is 39.6 Å². The number of aromatic nitrogens is 2. The van der Waals surface area contributed by atoms with Crippen molar-refractivity contribution in [2.24, 2.45) is 0 Å². The highest BCUT2D eigenvalue weighted by Crippen LogP contribution is 2.50. The molecule has 0 saturated heterocycles. The van der Waals surface area contributed by atoms with Gasteiger partial charge in [-0.1, -0.05) is 136 Å². The lowest BCUT2D eigenvalue weighted by atomic mass is 9.85. The zero-order valence-electron chi connectivity index (χ0n) is 41.0. The summed E-state index contributed by atoms with van der Waals surface area (Å²) in [6.45, 7) is 23.1. The monoisotopic (exact) mass is 896 g/mol. The third-order valence-corrected chi connectivity index (χ3v) is 13.6. The first-order valence-electron chi connectivity index (χ1n) is 24.0. The molecule has 0 fully saturated rings. The minimum absolute atomic E-state index is 0.0360. The zero-order valence-corrected chi connectivity index (χ0v) is 41.0. The summed E-state index contributed by atoms with van der Waals surface area (Å²) in [7, 11) is 0. The molecule has 10 rings (SSSR count). The molecule has 0 spiro atoms. The Morgan fingerprint density at radius 2 is 1.18 bits per heavy atom. The van der Waals surface area contributed by atoms with Gasteiger partial charge in [0, 0.05) is 40.4 Å². The van der Waals surface area contributed by atoms with Crippen molar-refractivity contribution in [1.82, 2.24) is 9.55 Å². The predicted octanol–water partition coefficient (Wildman–Crippen LogP) is 17.5. The molecule has 68 heavy (non-hydrogen) atoms. The molecule has 2 aromatic heterocycles. The van der Waals surface area contributed by atoms with Crippen LogP contribution in [0.2, 0.25) is 0 Å². The number of nitrogens with zero attached hydrogens (tertiary/aromatic N) is 4. The minimum atomic E-state index is -0.247. The number of ether oxygens (including phenoxy) is 1. The number of anilines is 4. The van der Waals surface area contributed by atoms with Crippen molar-refractivity contribution in [2.75, 3.05) is 16.5 Å². The van der Waals surface area contributed by atoms with Crippen molar-refractivity contribution in [2.45, 2.75) is 91.9 Å². The average Bonchev–Trinajstić information content (AvgIpc) is 3.87. The van der Waals surface area contributed by atoms with Crippen LogP contribution in [0.5, 0.6) is 11.5 Å². The molecule has 0 saturated carbocycles. The summed E-state index contributed by atoms with van der Waals surface area (Å²) in [4.78, 5) is 9.74. The van der Waals surface area contributed by atoms with Gasteiger partial charge in [0.05, 0.1) is 28.1 Å². The van der Waals surface area contributed by atoms with Gasteiger partial charge in [-0.3, -0.25) is 4.57 Å². The highest BCUT2D eigenvalue weighted by Gasteiger charge is 2.31. The molecule has 0 atom stereocenters. The van der Waals surface area contributed by atoms with Crippen LogP contribution in [0.3, 0.4) is 0 Å². The summed E-state index contributed by atoms with van der Waals surface area (Å²) < 4.78 is 23.8. The first-order valence-corrected chi connectivity index (χ1v) is 24.0. The van der Waals surface area contributed by atoms with E-state index in [2.05, 4.69) is 217 Å². The second kappa shape index (κ2) is 17.2. The summed E-state index contributed by atoms with van der Waals surface area (Å²) >= 11 is 0. The second-order valence-corrected chi connectivity index (χ2v) is 21.1. The smallest absolute Gasteiger partial charge is 0.137 e. The molecule has 5 nitrogen and oxygen atoms in total. The fourth-order valence-corrected chi connectivity index (χ4v) is 9.97. The van der Waals surface area contributed by atoms with Crippen LogP contribution in [0, 0.1) is 5.82 Å². The fraction of sp³-hybridized carbons (Fsp3) is 0.242. The molecule has 6 heteroatoms. The van der Waals surface area contributed by atoms with Crippen molar-refractivity contribution in [1.29, 1.82) is 0 Å². The van der Waals surface area contributed by atoms with Crippen LogP contribution in [-0.2, 0) is 10.8 Å². The largest absolute Gasteiger partial charge is 0.457 e. The lowest BCUT2D eigenvalue weighted by Crippen LogP contribution is -2.24. The highest BCUT2D eigenvalue weighted by atomic mass is 19.1. The first kappa shape index (κ1) is 44.6. The van der Waals surface area contributed by atoms with E-state index >= 15 is 0 Å². The Kier molecular flexibility index (Phi) is 11.3. The molecule has 342 valence electrons. The molecule has 1 aliphatic rings. The number of benzene rings is 7. The van der Waals surface area contributed by atoms with Gasteiger partial charge in [0.2, 0.25) is 0 Å². The third kappa shape index (κ3) is 8.20. The van der Waals surface area contributed by atoms with E-state index in [4.69, 9.17) is 9.72 Å². The van der Waals surface area contributed by atoms with Gasteiger partial charge in [0.1, 0.15) is 29.8 Å². The zero-order chi connectivity index (χ0) is 47.6. The third-order valence-electron chi connectivity index (χ3n) is 13.6. The van der Waals surface area contributed by atoms with E-state index in [-0.39, 0.29) is 16.6 Å². The number of hydrogen-bond acceptors (Lipinski definition) is 4. The van der Waals surface area contributed by atoms with Crippen molar-refractivity contribution in [3.63, 3.8) is 0 Å². The summed E-state index contributed by atoms with van der Waals surface area (Å²) in [5, 5.41) is 2.31. The minimum Gasteiger partial charge on any atom is -0.457 e. The predicted molar refractivity (Wildman–Crippen MR) is 284 cm³/mol. The maximum Gasteiger partial charge on any atom is 0.137 e. The molecular formula is C62H61FN4O. The molecule has 0 aliphatic carbocycles. The lowest BCUT2D eigenvalue weighted by Gasteiger charge is -2.27. The van der Waals surface area contributed by atoms with Crippen LogP contribution >= 0.6 is 0 Å². The Labute approximate surface area is 401 Å². The molecule has 3 heterocycles. The Morgan fingerprint density at radius 1 is 0.529 bits per heavy atom. The second-order valence-electron chi connectivity index (χ2n) is 21.1. The van der Waals surface area contributed by atoms with Gasteiger partial charge in [-0.15, -0.1) is 0 Å². The number of para-hydroxylation sites is 3. The van der Waals surface area contributed by atoms with E-state index in [0.29, 0.717) is 18.5 Å². The number of halogens is 1. The van der Waals surface area contributed by atoms with Crippen molar-refractivity contribution in [3.05, 3.63) is 192 Å². The standard InChI is InChI=1S/C62H61FN4O/c1-39(2)49-17-15-18-50(40(3)4)60(49)42-32-46(65-38-66(57-21-14-13-20-56(57)65)54-29-24-43(61(5,6)7)34-53(54)41-22-25-45(63)26-23-41)36-48(33-42)68-47-27-28-52-51-16-11-12-19-55(51)67(58(52)37-47)59-35-44(30-31-64-59)62(8,9)10/h11-37,39-40H,38H2,1-10H3. The fourth-order valence-electron chi connectivity index (χ4n) is 9.97. The van der Waals surface area contributed by atoms with Gasteiger partial charge in [-0.25, -0.2) is 9.37 Å². The molecule has 0 N–H and O–H groups in total. The van der Waals surface area contributed by atoms with E-state index in [1.54, 1.807) is 12.1 Å². The normalized spacial score (nSPS) is 13.1. The molecule has 0 bridgehead atoms. The Bertz CT molecular complexity index is 3320. The van der Waals surface area contributed by atoms with E-state index in [0.717, 1.165) is 73.2 Å². The van der Waals surface area contributed by atoms with Gasteiger partial charge in [-0.2, -0.15) is 0 Å². The Hall–Kier alpha value is -7.18. The Morgan fingerprint density at radius 3 is 1.87 bits per heavy atom. The van der Waals surface area contributed by atoms with Crippen molar-refractivity contribution < 1.29 is 9.13 Å². The first-order chi connectivity index (χ1) is 32.5. The van der Waals surface area contributed by atoms with Gasteiger partial charge < -0.3 is 14.5 Å². The van der Waals surface area contributed by atoms with E-state index in [9.17, 15) is 4.39 Å². The molecular weight excluding hydrogens is 836 g/mol. The van der Waals surface area contributed by atoms with E-state index in [1.165, 1.54) is 33.2 Å². The molecule has 0 unspecified atom stereocenters. The van der Waals surface area contributed by atoms with Crippen LogP contribution in [0.15, 0.2) is 164 Å². The van der Waals surface area contributed by atoms with Crippen LogP contribution < -0.4 is 14.5 Å². The summed E-state index contributed by atoms with van der Waals surface area (Å²) in [6, 6.07) is 55.1. The molecule has 1 aliphatic heterocycles. The summed E-state index contributed by atoms with van der Waals surface area (Å²) in [6.07, 6.45) is 1.92. The van der Waals surface area contributed by atoms with Gasteiger partial charge in [0.15, 0.2) is 0 Å². The van der Waals surface area contributed by atoms with Crippen LogP contribution in [-0.4, -0.2) is 16.2 Å². The van der Waals surface area contributed by atoms with Crippen LogP contribution in [0.4, 0.5) is 27.1 Å². The van der Waals surface area contributed by atoms with Crippen LogP contribution in [0.25, 0.3) is 49.9 Å². The molecule has 0 radical (unpaired) electrons. The van der Waals surface area contributed by atoms with Gasteiger partial charge >= 0.3 is 0 Å².